The van der Waals surface area contributed by atoms with Crippen LogP contribution in [-0.2, 0) is 17.6 Å². The van der Waals surface area contributed by atoms with Gasteiger partial charge in [-0.3, -0.25) is 4.79 Å². The molecular formula is C23H29NO2. The van der Waals surface area contributed by atoms with Crippen molar-refractivity contribution in [2.75, 3.05) is 0 Å². The second kappa shape index (κ2) is 8.39. The van der Waals surface area contributed by atoms with E-state index in [9.17, 15) is 4.79 Å². The van der Waals surface area contributed by atoms with E-state index in [1.54, 1.807) is 0 Å². The van der Waals surface area contributed by atoms with Crippen molar-refractivity contribution in [3.05, 3.63) is 64.7 Å². The van der Waals surface area contributed by atoms with Gasteiger partial charge in [-0.2, -0.15) is 0 Å². The second-order valence-corrected chi connectivity index (χ2v) is 7.29. The molecule has 1 aliphatic rings. The highest BCUT2D eigenvalue weighted by molar-refractivity contribution is 5.81. The Kier molecular flexibility index (Phi) is 5.97. The van der Waals surface area contributed by atoms with Crippen molar-refractivity contribution in [1.82, 2.24) is 5.32 Å². The summed E-state index contributed by atoms with van der Waals surface area (Å²) in [7, 11) is 0. The summed E-state index contributed by atoms with van der Waals surface area (Å²) in [6.45, 7) is 6.05. The quantitative estimate of drug-likeness (QED) is 0.803. The predicted molar refractivity (Wildman–Crippen MR) is 106 cm³/mol. The third-order valence-corrected chi connectivity index (χ3v) is 5.19. The molecule has 2 aromatic carbocycles. The Morgan fingerprint density at radius 3 is 2.46 bits per heavy atom. The van der Waals surface area contributed by atoms with Gasteiger partial charge in [0.1, 0.15) is 5.75 Å². The first-order chi connectivity index (χ1) is 12.6. The number of aryl methyl sites for hydroxylation is 3. The SMILES string of the molecule is CC[C@@H](Oc1ccc(C)cc1)C(=O)N[C@@H](C)c1ccc2c(c1)CCCC2. The minimum Gasteiger partial charge on any atom is -0.481 e. The van der Waals surface area contributed by atoms with Crippen molar-refractivity contribution in [2.24, 2.45) is 0 Å². The smallest absolute Gasteiger partial charge is 0.261 e. The third kappa shape index (κ3) is 4.46. The number of hydrogen-bond donors (Lipinski definition) is 1. The van der Waals surface area contributed by atoms with Gasteiger partial charge in [0.2, 0.25) is 0 Å². The van der Waals surface area contributed by atoms with E-state index in [2.05, 4.69) is 23.5 Å². The maximum Gasteiger partial charge on any atom is 0.261 e. The molecule has 0 heterocycles. The van der Waals surface area contributed by atoms with E-state index in [1.807, 2.05) is 45.0 Å². The van der Waals surface area contributed by atoms with Crippen molar-refractivity contribution in [1.29, 1.82) is 0 Å². The monoisotopic (exact) mass is 351 g/mol. The van der Waals surface area contributed by atoms with Crippen molar-refractivity contribution >= 4 is 5.91 Å². The molecule has 0 aromatic heterocycles. The van der Waals surface area contributed by atoms with Crippen LogP contribution in [0, 0.1) is 6.92 Å². The molecule has 2 aromatic rings. The van der Waals surface area contributed by atoms with Gasteiger partial charge in [-0.15, -0.1) is 0 Å². The van der Waals surface area contributed by atoms with Gasteiger partial charge in [0.05, 0.1) is 6.04 Å². The molecule has 3 nitrogen and oxygen atoms in total. The van der Waals surface area contributed by atoms with Gasteiger partial charge in [-0.1, -0.05) is 42.8 Å². The summed E-state index contributed by atoms with van der Waals surface area (Å²) in [5.41, 5.74) is 5.26. The van der Waals surface area contributed by atoms with Gasteiger partial charge in [0.25, 0.3) is 5.91 Å². The molecular weight excluding hydrogens is 322 g/mol. The Morgan fingerprint density at radius 1 is 1.08 bits per heavy atom. The van der Waals surface area contributed by atoms with Crippen LogP contribution in [0.5, 0.6) is 5.75 Å². The molecule has 0 fully saturated rings. The zero-order valence-corrected chi connectivity index (χ0v) is 16.0. The highest BCUT2D eigenvalue weighted by atomic mass is 16.5. The molecule has 0 radical (unpaired) electrons. The van der Waals surface area contributed by atoms with Gasteiger partial charge >= 0.3 is 0 Å². The third-order valence-electron chi connectivity index (χ3n) is 5.19. The first-order valence-electron chi connectivity index (χ1n) is 9.72. The Balaban J connectivity index is 1.64. The Morgan fingerprint density at radius 2 is 1.77 bits per heavy atom. The highest BCUT2D eigenvalue weighted by Crippen LogP contribution is 2.25. The van der Waals surface area contributed by atoms with Gasteiger partial charge < -0.3 is 10.1 Å². The minimum absolute atomic E-state index is 0.0228. The Bertz CT molecular complexity index is 751. The summed E-state index contributed by atoms with van der Waals surface area (Å²) in [4.78, 5) is 12.7. The van der Waals surface area contributed by atoms with Crippen LogP contribution in [0.3, 0.4) is 0 Å². The molecule has 2 atom stereocenters. The van der Waals surface area contributed by atoms with E-state index in [1.165, 1.54) is 41.5 Å². The van der Waals surface area contributed by atoms with E-state index in [0.29, 0.717) is 6.42 Å². The summed E-state index contributed by atoms with van der Waals surface area (Å²) in [6.07, 6.45) is 5.04. The number of carbonyl (C=O) groups excluding carboxylic acids is 1. The standard InChI is InChI=1S/C23H29NO2/c1-4-22(26-21-13-9-16(2)10-14-21)23(25)24-17(3)19-12-11-18-7-5-6-8-20(18)15-19/h9-15,17,22H,4-8H2,1-3H3,(H,24,25)/t17-,22+/m0/s1. The van der Waals surface area contributed by atoms with Crippen LogP contribution in [-0.4, -0.2) is 12.0 Å². The van der Waals surface area contributed by atoms with E-state index >= 15 is 0 Å². The van der Waals surface area contributed by atoms with E-state index in [4.69, 9.17) is 4.74 Å². The van der Waals surface area contributed by atoms with E-state index < -0.39 is 6.10 Å². The van der Waals surface area contributed by atoms with Crippen LogP contribution in [0.4, 0.5) is 0 Å². The topological polar surface area (TPSA) is 38.3 Å². The number of nitrogens with one attached hydrogen (secondary N) is 1. The van der Waals surface area contributed by atoms with Gasteiger partial charge in [0.15, 0.2) is 6.10 Å². The lowest BCUT2D eigenvalue weighted by Crippen LogP contribution is -2.39. The molecule has 1 aliphatic carbocycles. The van der Waals surface area contributed by atoms with Crippen LogP contribution in [0.25, 0.3) is 0 Å². The van der Waals surface area contributed by atoms with Gasteiger partial charge in [-0.25, -0.2) is 0 Å². The number of benzene rings is 2. The van der Waals surface area contributed by atoms with Crippen molar-refractivity contribution in [3.8, 4) is 5.75 Å². The van der Waals surface area contributed by atoms with Crippen LogP contribution in [0.2, 0.25) is 0 Å². The van der Waals surface area contributed by atoms with Gasteiger partial charge in [0, 0.05) is 0 Å². The van der Waals surface area contributed by atoms with Crippen LogP contribution >= 0.6 is 0 Å². The lowest BCUT2D eigenvalue weighted by atomic mass is 9.89. The zero-order chi connectivity index (χ0) is 18.5. The molecule has 0 saturated heterocycles. The molecule has 1 N–H and O–H groups in total. The second-order valence-electron chi connectivity index (χ2n) is 7.29. The summed E-state index contributed by atoms with van der Waals surface area (Å²) in [5.74, 6) is 0.678. The van der Waals surface area contributed by atoms with Crippen LogP contribution in [0.15, 0.2) is 42.5 Å². The fourth-order valence-corrected chi connectivity index (χ4v) is 3.52. The zero-order valence-electron chi connectivity index (χ0n) is 16.0. The van der Waals surface area contributed by atoms with Crippen molar-refractivity contribution in [3.63, 3.8) is 0 Å². The molecule has 3 heteroatoms. The Labute approximate surface area is 156 Å². The number of ether oxygens (including phenoxy) is 1. The van der Waals surface area contributed by atoms with Crippen LogP contribution in [0.1, 0.15) is 61.4 Å². The summed E-state index contributed by atoms with van der Waals surface area (Å²) in [6, 6.07) is 14.4. The molecule has 0 saturated carbocycles. The number of fused-ring (bicyclic) bond motifs is 1. The lowest BCUT2D eigenvalue weighted by Gasteiger charge is -2.22. The highest BCUT2D eigenvalue weighted by Gasteiger charge is 2.21. The van der Waals surface area contributed by atoms with Crippen molar-refractivity contribution in [2.45, 2.75) is 65.0 Å². The average molecular weight is 351 g/mol. The number of amides is 1. The maximum atomic E-state index is 12.7. The van der Waals surface area contributed by atoms with E-state index in [-0.39, 0.29) is 11.9 Å². The first kappa shape index (κ1) is 18.5. The summed E-state index contributed by atoms with van der Waals surface area (Å²) >= 11 is 0. The fourth-order valence-electron chi connectivity index (χ4n) is 3.52. The van der Waals surface area contributed by atoms with Crippen LogP contribution < -0.4 is 10.1 Å². The molecule has 3 rings (SSSR count). The molecule has 0 aliphatic heterocycles. The fraction of sp³-hybridized carbons (Fsp3) is 0.435. The summed E-state index contributed by atoms with van der Waals surface area (Å²) in [5, 5.41) is 3.12. The van der Waals surface area contributed by atoms with E-state index in [0.717, 1.165) is 12.2 Å². The minimum atomic E-state index is -0.474. The molecule has 26 heavy (non-hydrogen) atoms. The predicted octanol–water partition coefficient (Wildman–Crippen LogP) is 4.91. The lowest BCUT2D eigenvalue weighted by molar-refractivity contribution is -0.128. The maximum absolute atomic E-state index is 12.7. The molecule has 138 valence electrons. The van der Waals surface area contributed by atoms with Crippen molar-refractivity contribution < 1.29 is 9.53 Å². The number of rotatable bonds is 6. The number of carbonyl (C=O) groups is 1. The Hall–Kier alpha value is -2.29. The number of hydrogen-bond acceptors (Lipinski definition) is 2. The molecule has 0 spiro atoms. The summed E-state index contributed by atoms with van der Waals surface area (Å²) < 4.78 is 5.90. The first-order valence-corrected chi connectivity index (χ1v) is 9.72. The largest absolute Gasteiger partial charge is 0.481 e. The molecule has 0 bridgehead atoms. The average Bonchev–Trinajstić information content (AvgIpc) is 2.67. The molecule has 0 unspecified atom stereocenters. The normalized spacial score (nSPS) is 15.7. The van der Waals surface area contributed by atoms with Gasteiger partial charge in [-0.05, 0) is 74.8 Å². The molecule has 1 amide bonds.